The standard InChI is InChI=1S/C22H37N5S/c1-4-23-22(25-20-9-10-21(15-20)28-3)24-16-18-5-7-19(8-6-18)17-27-13-11-26(2)12-14-27/h5-8,20-21H,4,9-17H2,1-3H3,(H2,23,24,25). The van der Waals surface area contributed by atoms with E-state index in [9.17, 15) is 0 Å². The van der Waals surface area contributed by atoms with Gasteiger partial charge in [0.25, 0.3) is 0 Å². The number of likely N-dealkylation sites (N-methyl/N-ethyl adjacent to an activating group) is 1. The molecule has 1 heterocycles. The molecule has 1 aromatic carbocycles. The maximum Gasteiger partial charge on any atom is 0.191 e. The monoisotopic (exact) mass is 403 g/mol. The number of nitrogens with one attached hydrogen (secondary N) is 2. The van der Waals surface area contributed by atoms with E-state index in [-0.39, 0.29) is 0 Å². The lowest BCUT2D eigenvalue weighted by Gasteiger charge is -2.32. The third-order valence-corrected chi connectivity index (χ3v) is 6.94. The molecule has 1 aliphatic heterocycles. The van der Waals surface area contributed by atoms with Gasteiger partial charge >= 0.3 is 0 Å². The SMILES string of the molecule is CCNC(=NCc1ccc(CN2CCN(C)CC2)cc1)NC1CCC(SC)C1. The zero-order chi connectivity index (χ0) is 19.8. The van der Waals surface area contributed by atoms with E-state index >= 15 is 0 Å². The minimum atomic E-state index is 0.557. The van der Waals surface area contributed by atoms with Crippen molar-refractivity contribution in [3.63, 3.8) is 0 Å². The van der Waals surface area contributed by atoms with Crippen LogP contribution in [0.4, 0.5) is 0 Å². The van der Waals surface area contributed by atoms with E-state index < -0.39 is 0 Å². The van der Waals surface area contributed by atoms with Crippen molar-refractivity contribution in [1.29, 1.82) is 0 Å². The summed E-state index contributed by atoms with van der Waals surface area (Å²) >= 11 is 1.99. The zero-order valence-corrected chi connectivity index (χ0v) is 18.6. The highest BCUT2D eigenvalue weighted by Crippen LogP contribution is 2.28. The summed E-state index contributed by atoms with van der Waals surface area (Å²) in [6.45, 7) is 9.48. The fourth-order valence-corrected chi connectivity index (χ4v) is 4.78. The molecule has 0 amide bonds. The molecule has 2 aliphatic rings. The van der Waals surface area contributed by atoms with Crippen LogP contribution in [0.5, 0.6) is 0 Å². The molecule has 156 valence electrons. The van der Waals surface area contributed by atoms with Gasteiger partial charge in [-0.1, -0.05) is 24.3 Å². The van der Waals surface area contributed by atoms with Crippen LogP contribution in [0.15, 0.2) is 29.3 Å². The molecule has 5 nitrogen and oxygen atoms in total. The summed E-state index contributed by atoms with van der Waals surface area (Å²) in [5.74, 6) is 0.954. The van der Waals surface area contributed by atoms with Gasteiger partial charge < -0.3 is 15.5 Å². The van der Waals surface area contributed by atoms with Crippen molar-refractivity contribution in [3.8, 4) is 0 Å². The largest absolute Gasteiger partial charge is 0.357 e. The van der Waals surface area contributed by atoms with Gasteiger partial charge in [0.2, 0.25) is 0 Å². The number of thioether (sulfide) groups is 1. The Balaban J connectivity index is 1.49. The van der Waals surface area contributed by atoms with E-state index in [0.29, 0.717) is 6.04 Å². The highest BCUT2D eigenvalue weighted by molar-refractivity contribution is 7.99. The Labute approximate surface area is 175 Å². The quantitative estimate of drug-likeness (QED) is 0.541. The van der Waals surface area contributed by atoms with Crippen LogP contribution < -0.4 is 10.6 Å². The number of hydrogen-bond acceptors (Lipinski definition) is 4. The topological polar surface area (TPSA) is 42.9 Å². The minimum Gasteiger partial charge on any atom is -0.357 e. The van der Waals surface area contributed by atoms with Gasteiger partial charge in [0.15, 0.2) is 5.96 Å². The van der Waals surface area contributed by atoms with E-state index in [1.54, 1.807) is 0 Å². The lowest BCUT2D eigenvalue weighted by atomic mass is 10.1. The van der Waals surface area contributed by atoms with Crippen molar-refractivity contribution < 1.29 is 0 Å². The predicted molar refractivity (Wildman–Crippen MR) is 122 cm³/mol. The Hall–Kier alpha value is -1.24. The van der Waals surface area contributed by atoms with Crippen molar-refractivity contribution in [1.82, 2.24) is 20.4 Å². The van der Waals surface area contributed by atoms with Crippen LogP contribution >= 0.6 is 11.8 Å². The first-order chi connectivity index (χ1) is 13.7. The molecule has 2 N–H and O–H groups in total. The van der Waals surface area contributed by atoms with Crippen molar-refractivity contribution in [3.05, 3.63) is 35.4 Å². The molecule has 0 aromatic heterocycles. The number of rotatable bonds is 7. The highest BCUT2D eigenvalue weighted by Gasteiger charge is 2.24. The average molecular weight is 404 g/mol. The summed E-state index contributed by atoms with van der Waals surface area (Å²) in [5.41, 5.74) is 2.67. The fourth-order valence-electron chi connectivity index (χ4n) is 3.98. The number of nitrogens with zero attached hydrogens (tertiary/aromatic N) is 3. The van der Waals surface area contributed by atoms with E-state index in [2.05, 4.69) is 64.9 Å². The Kier molecular flexibility index (Phi) is 8.49. The van der Waals surface area contributed by atoms with Crippen LogP contribution in [-0.2, 0) is 13.1 Å². The second kappa shape index (κ2) is 11.1. The second-order valence-electron chi connectivity index (χ2n) is 8.10. The predicted octanol–water partition coefficient (Wildman–Crippen LogP) is 2.77. The zero-order valence-electron chi connectivity index (χ0n) is 17.8. The first-order valence-corrected chi connectivity index (χ1v) is 12.0. The van der Waals surface area contributed by atoms with Crippen LogP contribution in [-0.4, -0.2) is 73.1 Å². The molecule has 2 fully saturated rings. The summed E-state index contributed by atoms with van der Waals surface area (Å²) in [6.07, 6.45) is 6.02. The molecule has 0 spiro atoms. The summed E-state index contributed by atoms with van der Waals surface area (Å²) in [5, 5.41) is 7.84. The Bertz CT molecular complexity index is 610. The third kappa shape index (κ3) is 6.68. The van der Waals surface area contributed by atoms with Crippen LogP contribution in [0, 0.1) is 0 Å². The average Bonchev–Trinajstić information content (AvgIpc) is 3.17. The van der Waals surface area contributed by atoms with Crippen LogP contribution in [0.25, 0.3) is 0 Å². The normalized spacial score (nSPS) is 24.5. The molecule has 6 heteroatoms. The van der Waals surface area contributed by atoms with Gasteiger partial charge in [-0.2, -0.15) is 11.8 Å². The molecule has 3 rings (SSSR count). The summed E-state index contributed by atoms with van der Waals surface area (Å²) in [7, 11) is 2.21. The van der Waals surface area contributed by atoms with Gasteiger partial charge in [-0.05, 0) is 50.6 Å². The minimum absolute atomic E-state index is 0.557. The summed E-state index contributed by atoms with van der Waals surface area (Å²) in [6, 6.07) is 9.56. The lowest BCUT2D eigenvalue weighted by molar-refractivity contribution is 0.148. The molecule has 28 heavy (non-hydrogen) atoms. The van der Waals surface area contributed by atoms with Crippen molar-refractivity contribution in [2.75, 3.05) is 46.0 Å². The fraction of sp³-hybridized carbons (Fsp3) is 0.682. The Morgan fingerprint density at radius 2 is 1.82 bits per heavy atom. The molecular weight excluding hydrogens is 366 g/mol. The van der Waals surface area contributed by atoms with Gasteiger partial charge in [0.05, 0.1) is 6.54 Å². The lowest BCUT2D eigenvalue weighted by Crippen LogP contribution is -2.43. The number of piperazine rings is 1. The number of aliphatic imine (C=N–C) groups is 1. The summed E-state index contributed by atoms with van der Waals surface area (Å²) < 4.78 is 0. The molecule has 1 saturated carbocycles. The molecule has 2 atom stereocenters. The molecule has 2 unspecified atom stereocenters. The molecule has 1 aromatic rings. The van der Waals surface area contributed by atoms with Crippen molar-refractivity contribution >= 4 is 17.7 Å². The smallest absolute Gasteiger partial charge is 0.191 e. The maximum atomic E-state index is 4.82. The number of guanidine groups is 1. The summed E-state index contributed by atoms with van der Waals surface area (Å²) in [4.78, 5) is 9.77. The van der Waals surface area contributed by atoms with Crippen molar-refractivity contribution in [2.45, 2.75) is 50.6 Å². The third-order valence-electron chi connectivity index (χ3n) is 5.85. The van der Waals surface area contributed by atoms with Gasteiger partial charge in [0.1, 0.15) is 0 Å². The Morgan fingerprint density at radius 1 is 1.11 bits per heavy atom. The maximum absolute atomic E-state index is 4.82. The first-order valence-electron chi connectivity index (χ1n) is 10.7. The molecule has 1 saturated heterocycles. The Morgan fingerprint density at radius 3 is 2.46 bits per heavy atom. The van der Waals surface area contributed by atoms with E-state index in [4.69, 9.17) is 4.99 Å². The van der Waals surface area contributed by atoms with E-state index in [1.807, 2.05) is 11.8 Å². The van der Waals surface area contributed by atoms with Gasteiger partial charge in [0, 0.05) is 50.6 Å². The number of hydrogen-bond donors (Lipinski definition) is 2. The van der Waals surface area contributed by atoms with Crippen LogP contribution in [0.1, 0.15) is 37.3 Å². The van der Waals surface area contributed by atoms with Gasteiger partial charge in [-0.3, -0.25) is 4.90 Å². The molecule has 0 bridgehead atoms. The van der Waals surface area contributed by atoms with E-state index in [1.165, 1.54) is 56.6 Å². The first kappa shape index (κ1) is 21.5. The van der Waals surface area contributed by atoms with Gasteiger partial charge in [-0.25, -0.2) is 4.99 Å². The highest BCUT2D eigenvalue weighted by atomic mass is 32.2. The molecule has 1 aliphatic carbocycles. The second-order valence-corrected chi connectivity index (χ2v) is 9.24. The van der Waals surface area contributed by atoms with Crippen molar-refractivity contribution in [2.24, 2.45) is 4.99 Å². The van der Waals surface area contributed by atoms with Gasteiger partial charge in [-0.15, -0.1) is 0 Å². The van der Waals surface area contributed by atoms with Crippen LogP contribution in [0.3, 0.4) is 0 Å². The van der Waals surface area contributed by atoms with Crippen LogP contribution in [0.2, 0.25) is 0 Å². The van der Waals surface area contributed by atoms with E-state index in [0.717, 1.165) is 30.8 Å². The number of benzene rings is 1. The molecule has 0 radical (unpaired) electrons. The molecular formula is C22H37N5S.